The average Bonchev–Trinajstić information content (AvgIpc) is 2.94. The van der Waals surface area contributed by atoms with Crippen molar-refractivity contribution in [1.82, 2.24) is 9.88 Å². The zero-order valence-electron chi connectivity index (χ0n) is 22.6. The van der Waals surface area contributed by atoms with Crippen molar-refractivity contribution in [2.45, 2.75) is 50.6 Å². The number of halogens is 7. The predicted octanol–water partition coefficient (Wildman–Crippen LogP) is 6.08. The number of nitroso groups, excluding NO2 is 1. The number of benzene rings is 1. The van der Waals surface area contributed by atoms with Crippen molar-refractivity contribution in [2.75, 3.05) is 13.7 Å². The van der Waals surface area contributed by atoms with E-state index in [9.17, 15) is 36.4 Å². The number of ether oxygens (including phenoxy) is 1. The van der Waals surface area contributed by atoms with Gasteiger partial charge in [-0.25, -0.2) is 8.78 Å². The maximum absolute atomic E-state index is 14.4. The molecule has 0 radical (unpaired) electrons. The summed E-state index contributed by atoms with van der Waals surface area (Å²) in [5.41, 5.74) is 3.06. The van der Waals surface area contributed by atoms with E-state index in [1.54, 1.807) is 0 Å². The van der Waals surface area contributed by atoms with Gasteiger partial charge in [0.05, 0.1) is 28.2 Å². The third-order valence-corrected chi connectivity index (χ3v) is 7.44. The molecule has 1 atom stereocenters. The van der Waals surface area contributed by atoms with Crippen LogP contribution in [0.3, 0.4) is 0 Å². The third-order valence-electron chi connectivity index (χ3n) is 6.83. The number of nitrogens with two attached hydrogens (primary N) is 1. The van der Waals surface area contributed by atoms with Gasteiger partial charge in [0.15, 0.2) is 5.71 Å². The van der Waals surface area contributed by atoms with Crippen molar-refractivity contribution in [1.29, 1.82) is 0 Å². The fourth-order valence-electron chi connectivity index (χ4n) is 4.78. The molecule has 1 aliphatic carbocycles. The molecule has 1 fully saturated rings. The Hall–Kier alpha value is -3.49. The summed E-state index contributed by atoms with van der Waals surface area (Å²) in [6.07, 6.45) is -3.11. The second kappa shape index (κ2) is 14.8. The molecular weight excluding hydrogens is 624 g/mol. The van der Waals surface area contributed by atoms with Crippen LogP contribution in [0.4, 0.5) is 22.0 Å². The van der Waals surface area contributed by atoms with E-state index in [2.05, 4.69) is 15.2 Å². The van der Waals surface area contributed by atoms with Crippen LogP contribution in [0.2, 0.25) is 10.0 Å². The van der Waals surface area contributed by atoms with Gasteiger partial charge in [-0.1, -0.05) is 23.2 Å². The van der Waals surface area contributed by atoms with Crippen LogP contribution in [-0.2, 0) is 20.9 Å². The maximum atomic E-state index is 14.4. The van der Waals surface area contributed by atoms with Gasteiger partial charge in [-0.15, -0.1) is 4.91 Å². The number of carbonyl (C=O) groups is 2. The zero-order valence-corrected chi connectivity index (χ0v) is 24.1. The first-order chi connectivity index (χ1) is 20.3. The minimum absolute atomic E-state index is 0.0224. The van der Waals surface area contributed by atoms with Gasteiger partial charge in [0.25, 0.3) is 11.8 Å². The molecule has 43 heavy (non-hydrogen) atoms. The normalized spacial score (nSPS) is 18.7. The second-order valence-electron chi connectivity index (χ2n) is 9.70. The average molecular weight is 650 g/mol. The number of alkyl halides is 3. The largest absolute Gasteiger partial charge is 0.433 e. The molecule has 1 unspecified atom stereocenters. The van der Waals surface area contributed by atoms with E-state index in [0.717, 1.165) is 17.0 Å². The van der Waals surface area contributed by atoms with Crippen LogP contribution in [0.5, 0.6) is 0 Å². The lowest BCUT2D eigenvalue weighted by atomic mass is 9.85. The van der Waals surface area contributed by atoms with Gasteiger partial charge in [-0.3, -0.25) is 19.6 Å². The highest BCUT2D eigenvalue weighted by Crippen LogP contribution is 2.34. The molecule has 1 aromatic carbocycles. The Bertz CT molecular complexity index is 1370. The van der Waals surface area contributed by atoms with Crippen LogP contribution in [0.15, 0.2) is 52.5 Å². The van der Waals surface area contributed by atoms with Crippen LogP contribution in [-0.4, -0.2) is 53.3 Å². The number of aliphatic imine (C=N–C) groups is 1. The Morgan fingerprint density at radius 1 is 1.12 bits per heavy atom. The SMILES string of the molecule is COC(CN(Cc1cc(F)cc(F)c1)C(=O)C(=CN)C(=NC1CCC(C(=O)N=O)CC1)C(F)(F)F)c1c(Cl)cncc1Cl. The first kappa shape index (κ1) is 34.0. The fraction of sp³-hybridized carbons (Fsp3) is 0.407. The molecule has 232 valence electrons. The molecule has 0 aliphatic heterocycles. The first-order valence-corrected chi connectivity index (χ1v) is 13.5. The summed E-state index contributed by atoms with van der Waals surface area (Å²) in [6, 6.07) is 1.48. The quantitative estimate of drug-likeness (QED) is 0.144. The molecule has 0 bridgehead atoms. The number of amides is 2. The summed E-state index contributed by atoms with van der Waals surface area (Å²) in [5, 5.41) is 2.45. The summed E-state index contributed by atoms with van der Waals surface area (Å²) >= 11 is 12.5. The van der Waals surface area contributed by atoms with E-state index in [1.807, 2.05) is 0 Å². The van der Waals surface area contributed by atoms with Crippen LogP contribution < -0.4 is 5.73 Å². The van der Waals surface area contributed by atoms with Crippen molar-refractivity contribution >= 4 is 40.7 Å². The molecule has 9 nitrogen and oxygen atoms in total. The molecule has 3 rings (SSSR count). The molecular formula is C27H26Cl2F5N5O4. The molecule has 1 saturated carbocycles. The van der Waals surface area contributed by atoms with Crippen LogP contribution in [0.1, 0.15) is 42.9 Å². The molecule has 16 heteroatoms. The van der Waals surface area contributed by atoms with Gasteiger partial charge in [-0.2, -0.15) is 13.2 Å². The lowest BCUT2D eigenvalue weighted by Gasteiger charge is -2.30. The minimum Gasteiger partial charge on any atom is -0.404 e. The van der Waals surface area contributed by atoms with Crippen LogP contribution in [0, 0.1) is 22.5 Å². The predicted molar refractivity (Wildman–Crippen MR) is 148 cm³/mol. The Balaban J connectivity index is 2.02. The topological polar surface area (TPSA) is 127 Å². The number of pyridine rings is 1. The van der Waals surface area contributed by atoms with Crippen molar-refractivity contribution in [3.63, 3.8) is 0 Å². The van der Waals surface area contributed by atoms with Gasteiger partial charge in [0, 0.05) is 55.0 Å². The Labute approximate surface area is 252 Å². The molecule has 2 N–H and O–H groups in total. The third kappa shape index (κ3) is 8.77. The smallest absolute Gasteiger partial charge is 0.404 e. The molecule has 0 saturated heterocycles. The molecule has 1 aromatic heterocycles. The standard InChI is InChI=1S/C27H26Cl2F5N5O4/c1-43-22(23-20(28)10-36-11-21(23)29)13-39(12-14-6-16(30)8-17(31)7-14)26(41)19(9-35)24(27(32,33)34)37-18-4-2-15(3-5-18)25(40)38-42/h6-11,15,18,22H,2-5,12-13,35H2,1H3. The van der Waals surface area contributed by atoms with Crippen LogP contribution >= 0.6 is 23.2 Å². The molecule has 0 spiro atoms. The van der Waals surface area contributed by atoms with Gasteiger partial charge < -0.3 is 15.4 Å². The number of aromatic nitrogens is 1. The minimum atomic E-state index is -5.15. The number of carbonyl (C=O) groups excluding carboxylic acids is 2. The number of methoxy groups -OCH3 is 1. The Morgan fingerprint density at radius 3 is 2.19 bits per heavy atom. The second-order valence-corrected chi connectivity index (χ2v) is 10.5. The van der Waals surface area contributed by atoms with Crippen LogP contribution in [0.25, 0.3) is 0 Å². The lowest BCUT2D eigenvalue weighted by Crippen LogP contribution is -2.41. The summed E-state index contributed by atoms with van der Waals surface area (Å²) in [6.45, 7) is -1.05. The molecule has 1 heterocycles. The van der Waals surface area contributed by atoms with E-state index in [1.165, 1.54) is 19.5 Å². The van der Waals surface area contributed by atoms with Gasteiger partial charge in [-0.05, 0) is 43.4 Å². The highest BCUT2D eigenvalue weighted by molar-refractivity contribution is 6.35. The van der Waals surface area contributed by atoms with Crippen molar-refractivity contribution < 1.29 is 36.3 Å². The highest BCUT2D eigenvalue weighted by atomic mass is 35.5. The summed E-state index contributed by atoms with van der Waals surface area (Å²) in [7, 11) is 1.24. The number of nitrogens with zero attached hydrogens (tertiary/aromatic N) is 4. The van der Waals surface area contributed by atoms with Crippen molar-refractivity contribution in [3.8, 4) is 0 Å². The summed E-state index contributed by atoms with van der Waals surface area (Å²) in [5.74, 6) is -4.83. The van der Waals surface area contributed by atoms with E-state index in [0.29, 0.717) is 12.3 Å². The van der Waals surface area contributed by atoms with Gasteiger partial charge in [0.1, 0.15) is 17.7 Å². The molecule has 2 amide bonds. The fourth-order valence-corrected chi connectivity index (χ4v) is 5.39. The number of rotatable bonds is 10. The number of hydrogen-bond acceptors (Lipinski definition) is 7. The first-order valence-electron chi connectivity index (χ1n) is 12.8. The maximum Gasteiger partial charge on any atom is 0.433 e. The van der Waals surface area contributed by atoms with Crippen molar-refractivity contribution in [2.24, 2.45) is 21.8 Å². The number of hydrogen-bond donors (Lipinski definition) is 1. The van der Waals surface area contributed by atoms with Gasteiger partial charge >= 0.3 is 6.18 Å². The lowest BCUT2D eigenvalue weighted by molar-refractivity contribution is -0.129. The molecule has 2 aromatic rings. The van der Waals surface area contributed by atoms with E-state index >= 15 is 0 Å². The van der Waals surface area contributed by atoms with Crippen molar-refractivity contribution in [3.05, 3.63) is 80.1 Å². The zero-order chi connectivity index (χ0) is 31.9. The Kier molecular flexibility index (Phi) is 11.7. The van der Waals surface area contributed by atoms with E-state index < -0.39 is 72.1 Å². The highest BCUT2D eigenvalue weighted by Gasteiger charge is 2.43. The van der Waals surface area contributed by atoms with Gasteiger partial charge in [0.2, 0.25) is 0 Å². The summed E-state index contributed by atoms with van der Waals surface area (Å²) in [4.78, 5) is 44.4. The van der Waals surface area contributed by atoms with E-state index in [4.69, 9.17) is 33.7 Å². The monoisotopic (exact) mass is 649 g/mol. The summed E-state index contributed by atoms with van der Waals surface area (Å²) < 4.78 is 76.5. The Morgan fingerprint density at radius 2 is 1.70 bits per heavy atom. The molecule has 1 aliphatic rings. The van der Waals surface area contributed by atoms with E-state index in [-0.39, 0.29) is 46.9 Å².